The summed E-state index contributed by atoms with van der Waals surface area (Å²) in [6, 6.07) is 8.21. The Kier molecular flexibility index (Phi) is 4.24. The summed E-state index contributed by atoms with van der Waals surface area (Å²) < 4.78 is 0. The molecule has 1 aliphatic carbocycles. The Morgan fingerprint density at radius 2 is 1.62 bits per heavy atom. The Bertz CT molecular complexity index is 265. The summed E-state index contributed by atoms with van der Waals surface area (Å²) in [5, 5.41) is 0.831. The first-order chi connectivity index (χ1) is 5.21. The van der Waals surface area contributed by atoms with Crippen molar-refractivity contribution in [1.82, 2.24) is 6.15 Å². The van der Waals surface area contributed by atoms with Gasteiger partial charge in [0.15, 0.2) is 0 Å². The van der Waals surface area contributed by atoms with E-state index in [0.29, 0.717) is 5.41 Å². The number of benzene rings is 1. The van der Waals surface area contributed by atoms with Crippen molar-refractivity contribution in [2.45, 2.75) is 25.2 Å². The van der Waals surface area contributed by atoms with Gasteiger partial charge in [-0.3, -0.25) is 0 Å². The summed E-state index contributed by atoms with van der Waals surface area (Å²) in [5.74, 6) is 0. The van der Waals surface area contributed by atoms with Crippen LogP contribution in [0.25, 0.3) is 0 Å². The van der Waals surface area contributed by atoms with Crippen molar-refractivity contribution in [3.05, 3.63) is 34.9 Å². The summed E-state index contributed by atoms with van der Waals surface area (Å²) in [6.07, 6.45) is 2.66. The van der Waals surface area contributed by atoms with E-state index in [2.05, 4.69) is 19.1 Å². The highest BCUT2D eigenvalue weighted by molar-refractivity contribution is 6.30. The molecule has 0 atom stereocenters. The van der Waals surface area contributed by atoms with Crippen LogP contribution in [0.5, 0.6) is 0 Å². The molecule has 1 aromatic carbocycles. The second kappa shape index (κ2) is 4.32. The van der Waals surface area contributed by atoms with Crippen LogP contribution in [0.2, 0.25) is 5.02 Å². The van der Waals surface area contributed by atoms with Crippen LogP contribution < -0.4 is 6.15 Å². The predicted octanol–water partition coefficient (Wildman–Crippen LogP) is 3.98. The molecule has 1 nitrogen and oxygen atoms in total. The Morgan fingerprint density at radius 3 is 2.00 bits per heavy atom. The lowest BCUT2D eigenvalue weighted by Gasteiger charge is -2.07. The molecule has 0 heterocycles. The average molecular weight is 220 g/mol. The van der Waals surface area contributed by atoms with Gasteiger partial charge in [0.2, 0.25) is 0 Å². The normalized spacial score (nSPS) is 16.8. The van der Waals surface area contributed by atoms with E-state index in [1.807, 2.05) is 12.1 Å². The first-order valence-electron chi connectivity index (χ1n) is 3.97. The number of hydrogen-bond acceptors (Lipinski definition) is 1. The minimum Gasteiger partial charge on any atom is -0.344 e. The first kappa shape index (κ1) is 12.8. The molecule has 0 aromatic heterocycles. The van der Waals surface area contributed by atoms with Gasteiger partial charge in [0, 0.05) is 5.02 Å². The molecule has 0 bridgehead atoms. The van der Waals surface area contributed by atoms with E-state index < -0.39 is 0 Å². The van der Waals surface area contributed by atoms with Crippen molar-refractivity contribution >= 4 is 24.0 Å². The van der Waals surface area contributed by atoms with E-state index in [4.69, 9.17) is 11.6 Å². The molecule has 3 heteroatoms. The van der Waals surface area contributed by atoms with Gasteiger partial charge in [-0.05, 0) is 36.0 Å². The Labute approximate surface area is 90.5 Å². The second-order valence-electron chi connectivity index (χ2n) is 3.57. The van der Waals surface area contributed by atoms with E-state index in [0.717, 1.165) is 5.02 Å². The fourth-order valence-electron chi connectivity index (χ4n) is 1.33. The van der Waals surface area contributed by atoms with Crippen molar-refractivity contribution in [2.75, 3.05) is 0 Å². The zero-order chi connectivity index (χ0) is 7.90. The van der Waals surface area contributed by atoms with Gasteiger partial charge >= 0.3 is 0 Å². The van der Waals surface area contributed by atoms with Crippen molar-refractivity contribution < 1.29 is 0 Å². The van der Waals surface area contributed by atoms with Gasteiger partial charge in [-0.25, -0.2) is 0 Å². The summed E-state index contributed by atoms with van der Waals surface area (Å²) >= 11 is 5.78. The quantitative estimate of drug-likeness (QED) is 0.763. The van der Waals surface area contributed by atoms with E-state index in [1.54, 1.807) is 0 Å². The lowest BCUT2D eigenvalue weighted by Crippen LogP contribution is -1.97. The third kappa shape index (κ3) is 2.60. The molecule has 0 saturated heterocycles. The van der Waals surface area contributed by atoms with Gasteiger partial charge in [-0.1, -0.05) is 30.7 Å². The molecule has 1 aromatic rings. The molecule has 0 unspecified atom stereocenters. The van der Waals surface area contributed by atoms with Gasteiger partial charge in [-0.15, -0.1) is 12.4 Å². The van der Waals surface area contributed by atoms with Crippen LogP contribution in [-0.2, 0) is 5.41 Å². The maximum absolute atomic E-state index is 5.78. The van der Waals surface area contributed by atoms with Gasteiger partial charge in [-0.2, -0.15) is 0 Å². The average Bonchev–Trinajstić information content (AvgIpc) is 2.70. The Balaban J connectivity index is 0.000000720. The first-order valence-corrected chi connectivity index (χ1v) is 4.35. The predicted molar refractivity (Wildman–Crippen MR) is 60.3 cm³/mol. The number of halogens is 2. The van der Waals surface area contributed by atoms with Crippen LogP contribution in [0.1, 0.15) is 25.3 Å². The van der Waals surface area contributed by atoms with Crippen molar-refractivity contribution in [3.63, 3.8) is 0 Å². The molecule has 1 aliphatic rings. The molecule has 13 heavy (non-hydrogen) atoms. The topological polar surface area (TPSA) is 35.0 Å². The summed E-state index contributed by atoms with van der Waals surface area (Å²) in [5.41, 5.74) is 1.91. The zero-order valence-electron chi connectivity index (χ0n) is 7.72. The molecule has 0 amide bonds. The molecule has 0 aliphatic heterocycles. The zero-order valence-corrected chi connectivity index (χ0v) is 9.29. The van der Waals surface area contributed by atoms with Crippen LogP contribution in [0.4, 0.5) is 0 Å². The number of hydrogen-bond donors (Lipinski definition) is 1. The third-order valence-electron chi connectivity index (χ3n) is 2.54. The largest absolute Gasteiger partial charge is 0.344 e. The molecule has 3 N–H and O–H groups in total. The molecule has 0 radical (unpaired) electrons. The smallest absolute Gasteiger partial charge is 0.0406 e. The van der Waals surface area contributed by atoms with Gasteiger partial charge < -0.3 is 6.15 Å². The van der Waals surface area contributed by atoms with E-state index in [-0.39, 0.29) is 18.6 Å². The van der Waals surface area contributed by atoms with Crippen LogP contribution in [0, 0.1) is 0 Å². The SMILES string of the molecule is CC1(c2ccc(Cl)cc2)CC1.Cl.N. The van der Waals surface area contributed by atoms with E-state index in [1.165, 1.54) is 18.4 Å². The maximum atomic E-state index is 5.78. The minimum absolute atomic E-state index is 0. The van der Waals surface area contributed by atoms with Crippen molar-refractivity contribution in [3.8, 4) is 0 Å². The van der Waals surface area contributed by atoms with Gasteiger partial charge in [0.05, 0.1) is 0 Å². The third-order valence-corrected chi connectivity index (χ3v) is 2.79. The van der Waals surface area contributed by atoms with Crippen LogP contribution in [0.3, 0.4) is 0 Å². The highest BCUT2D eigenvalue weighted by Gasteiger charge is 2.38. The Morgan fingerprint density at radius 1 is 1.15 bits per heavy atom. The number of rotatable bonds is 1. The minimum atomic E-state index is 0. The monoisotopic (exact) mass is 219 g/mol. The van der Waals surface area contributed by atoms with Crippen LogP contribution in [0.15, 0.2) is 24.3 Å². The molecule has 0 spiro atoms. The maximum Gasteiger partial charge on any atom is 0.0406 e. The lowest BCUT2D eigenvalue weighted by molar-refractivity contribution is 0.788. The summed E-state index contributed by atoms with van der Waals surface area (Å²) in [6.45, 7) is 2.30. The summed E-state index contributed by atoms with van der Waals surface area (Å²) in [7, 11) is 0. The van der Waals surface area contributed by atoms with Crippen molar-refractivity contribution in [2.24, 2.45) is 0 Å². The Hall–Kier alpha value is -0.240. The molecule has 74 valence electrons. The van der Waals surface area contributed by atoms with Crippen molar-refractivity contribution in [1.29, 1.82) is 0 Å². The molecular formula is C10H15Cl2N. The molecule has 1 saturated carbocycles. The van der Waals surface area contributed by atoms with E-state index >= 15 is 0 Å². The van der Waals surface area contributed by atoms with Crippen LogP contribution >= 0.6 is 24.0 Å². The molecule has 1 fully saturated rings. The van der Waals surface area contributed by atoms with Crippen LogP contribution in [-0.4, -0.2) is 0 Å². The summed E-state index contributed by atoms with van der Waals surface area (Å²) in [4.78, 5) is 0. The fourth-order valence-corrected chi connectivity index (χ4v) is 1.45. The standard InChI is InChI=1S/C10H11Cl.ClH.H3N/c1-10(6-7-10)8-2-4-9(11)5-3-8;;/h2-5H,6-7H2,1H3;1H;1H3. The lowest BCUT2D eigenvalue weighted by atomic mass is 9.99. The molecule has 2 rings (SSSR count). The highest BCUT2D eigenvalue weighted by atomic mass is 35.5. The van der Waals surface area contributed by atoms with E-state index in [9.17, 15) is 0 Å². The highest BCUT2D eigenvalue weighted by Crippen LogP contribution is 2.47. The second-order valence-corrected chi connectivity index (χ2v) is 4.00. The molecular weight excluding hydrogens is 205 g/mol. The van der Waals surface area contributed by atoms with Gasteiger partial charge in [0.1, 0.15) is 0 Å². The fraction of sp³-hybridized carbons (Fsp3) is 0.400. The van der Waals surface area contributed by atoms with Gasteiger partial charge in [0.25, 0.3) is 0 Å².